The van der Waals surface area contributed by atoms with Gasteiger partial charge in [0.25, 0.3) is 0 Å². The van der Waals surface area contributed by atoms with Crippen molar-refractivity contribution in [2.24, 2.45) is 0 Å². The van der Waals surface area contributed by atoms with Gasteiger partial charge >= 0.3 is 51.4 Å². The van der Waals surface area contributed by atoms with E-state index in [-0.39, 0.29) is 62.7 Å². The van der Waals surface area contributed by atoms with Gasteiger partial charge in [0, 0.05) is 58.4 Å². The molecule has 0 bridgehead atoms. The molecule has 254 valence electrons. The predicted octanol–water partition coefficient (Wildman–Crippen LogP) is 4.65. The third kappa shape index (κ3) is 11.3. The van der Waals surface area contributed by atoms with Crippen LogP contribution in [0.2, 0.25) is 0 Å². The zero-order valence-corrected chi connectivity index (χ0v) is 34.2. The number of fused-ring (bicyclic) bond motifs is 1. The fourth-order valence-electron chi connectivity index (χ4n) is 5.85. The molecule has 48 heavy (non-hydrogen) atoms. The first-order valence-electron chi connectivity index (χ1n) is 16.2. The summed E-state index contributed by atoms with van der Waals surface area (Å²) in [6, 6.07) is 17.2. The minimum absolute atomic E-state index is 0. The number of hydrogen-bond acceptors (Lipinski definition) is 8. The van der Waals surface area contributed by atoms with E-state index in [1.807, 2.05) is 36.6 Å². The van der Waals surface area contributed by atoms with Crippen molar-refractivity contribution in [3.05, 3.63) is 81.6 Å². The first kappa shape index (κ1) is 41.0. The Labute approximate surface area is 333 Å². The van der Waals surface area contributed by atoms with Crippen LogP contribution in [0.15, 0.2) is 65.6 Å². The van der Waals surface area contributed by atoms with Gasteiger partial charge in [-0.15, -0.1) is 11.3 Å². The maximum Gasteiger partial charge on any atom is 1.00 e. The van der Waals surface area contributed by atoms with Crippen molar-refractivity contribution in [1.82, 2.24) is 0 Å². The Kier molecular flexibility index (Phi) is 15.5. The molecule has 0 amide bonds. The molecule has 0 saturated carbocycles. The third-order valence-corrected chi connectivity index (χ3v) is 11.1. The molecule has 1 aliphatic rings. The van der Waals surface area contributed by atoms with Gasteiger partial charge in [0.05, 0.1) is 20.4 Å². The molecule has 8 nitrogen and oxygen atoms in total. The Bertz CT molecular complexity index is 1840. The zero-order chi connectivity index (χ0) is 34.2. The second-order valence-corrected chi connectivity index (χ2v) is 16.5. The monoisotopic (exact) mass is 736 g/mol. The number of hydrogen-bond donors (Lipinski definition) is 0. The van der Waals surface area contributed by atoms with Gasteiger partial charge in [-0.2, -0.15) is 4.58 Å². The minimum Gasteiger partial charge on any atom is -0.748 e. The number of allylic oxidation sites excluding steroid dienone is 1. The Morgan fingerprint density at radius 1 is 0.792 bits per heavy atom. The fourth-order valence-corrected chi connectivity index (χ4v) is 7.72. The van der Waals surface area contributed by atoms with Crippen LogP contribution in [0.3, 0.4) is 0 Å². The van der Waals surface area contributed by atoms with Gasteiger partial charge in [0.1, 0.15) is 16.7 Å². The van der Waals surface area contributed by atoms with Gasteiger partial charge in [-0.3, -0.25) is 0 Å². The van der Waals surface area contributed by atoms with Crippen LogP contribution in [-0.2, 0) is 25.7 Å². The number of anilines is 1. The van der Waals surface area contributed by atoms with Crippen molar-refractivity contribution in [2.45, 2.75) is 76.5 Å². The quantitative estimate of drug-likeness (QED) is 0.0857. The van der Waals surface area contributed by atoms with Crippen molar-refractivity contribution in [1.29, 1.82) is 0 Å². The van der Waals surface area contributed by atoms with Crippen LogP contribution in [0.5, 0.6) is 0 Å². The minimum atomic E-state index is -4.64. The summed E-state index contributed by atoms with van der Waals surface area (Å²) in [6.07, 6.45) is 13.6. The summed E-state index contributed by atoms with van der Waals surface area (Å²) in [5.74, 6) is -0.443. The van der Waals surface area contributed by atoms with Gasteiger partial charge in [0.2, 0.25) is 5.69 Å². The topological polar surface area (TPSA) is 121 Å². The molecule has 0 saturated heterocycles. The van der Waals surface area contributed by atoms with Crippen LogP contribution in [0.25, 0.3) is 18.2 Å². The molecule has 2 aromatic carbocycles. The van der Waals surface area contributed by atoms with Crippen molar-refractivity contribution in [3.8, 4) is 0 Å². The van der Waals surface area contributed by atoms with Gasteiger partial charge in [-0.1, -0.05) is 44.9 Å². The van der Waals surface area contributed by atoms with Gasteiger partial charge in [-0.25, -0.2) is 16.8 Å². The first-order chi connectivity index (χ1) is 22.2. The molecule has 0 radical (unpaired) electrons. The zero-order valence-electron chi connectivity index (χ0n) is 28.6. The standard InChI is InChI=1S/C36H46N2O6S3.K/c1-5-7-23-37(24-8-6-2)29-14-11-28(12-15-29)13-16-30-17-18-31(45-30)19-22-35-36(3,4)33-27-32(47(42,43)44)20-21-34(33)38(35)25-9-10-26-46(39,40)41;/h11-22,27H,5-10,23-26H2,1-4H3,(H-,39,40,41,42,43,44);/q;+1/p-1. The van der Waals surface area contributed by atoms with E-state index in [0.717, 1.165) is 39.8 Å². The molecule has 0 fully saturated rings. The third-order valence-electron chi connectivity index (χ3n) is 8.49. The molecule has 1 aromatic heterocycles. The second kappa shape index (κ2) is 18.2. The van der Waals surface area contributed by atoms with E-state index >= 15 is 0 Å². The maximum absolute atomic E-state index is 11.8. The number of nitrogens with zero attached hydrogens (tertiary/aromatic N) is 2. The van der Waals surface area contributed by atoms with E-state index in [9.17, 15) is 25.9 Å². The van der Waals surface area contributed by atoms with Crippen LogP contribution >= 0.6 is 11.3 Å². The Hall–Kier alpha value is -1.45. The van der Waals surface area contributed by atoms with Crippen molar-refractivity contribution >= 4 is 66.9 Å². The van der Waals surface area contributed by atoms with E-state index in [0.29, 0.717) is 18.5 Å². The number of thiophene rings is 1. The summed E-state index contributed by atoms with van der Waals surface area (Å²) in [4.78, 5) is 4.31. The maximum atomic E-state index is 11.8. The molecule has 0 unspecified atom stereocenters. The Balaban J connectivity index is 0.00000625. The summed E-state index contributed by atoms with van der Waals surface area (Å²) < 4.78 is 70.8. The molecule has 4 rings (SSSR count). The summed E-state index contributed by atoms with van der Waals surface area (Å²) in [7, 11) is -8.96. The molecule has 3 aromatic rings. The summed E-state index contributed by atoms with van der Waals surface area (Å²) >= 11 is 1.64. The normalized spacial score (nSPS) is 14.5. The smallest absolute Gasteiger partial charge is 0.748 e. The molecular weight excluding hydrogens is 692 g/mol. The van der Waals surface area contributed by atoms with E-state index in [2.05, 4.69) is 61.2 Å². The van der Waals surface area contributed by atoms with Crippen LogP contribution in [0.4, 0.5) is 11.4 Å². The molecule has 0 aliphatic carbocycles. The fraction of sp³-hybridized carbons (Fsp3) is 0.417. The number of unbranched alkanes of at least 4 members (excludes halogenated alkanes) is 3. The Morgan fingerprint density at radius 2 is 1.40 bits per heavy atom. The molecule has 0 N–H and O–H groups in total. The van der Waals surface area contributed by atoms with Gasteiger partial charge < -0.3 is 14.0 Å². The van der Waals surface area contributed by atoms with Crippen LogP contribution in [0.1, 0.15) is 87.1 Å². The number of benzene rings is 2. The van der Waals surface area contributed by atoms with Gasteiger partial charge in [-0.05, 0) is 87.2 Å². The average molecular weight is 737 g/mol. The molecule has 12 heteroatoms. The van der Waals surface area contributed by atoms with Crippen LogP contribution in [0, 0.1) is 0 Å². The van der Waals surface area contributed by atoms with E-state index in [4.69, 9.17) is 0 Å². The SMILES string of the molecule is CCCCN(CCCC)c1ccc(/C=C/c2ccc(/C=C/C3=[N+](CCCCS(=O)(=O)[O-])c4ccc(S(=O)(=O)[O-])cc4C3(C)C)s2)cc1.[K+]. The molecule has 1 aliphatic heterocycles. The summed E-state index contributed by atoms with van der Waals surface area (Å²) in [5.41, 5.74) is 4.10. The predicted molar refractivity (Wildman–Crippen MR) is 192 cm³/mol. The summed E-state index contributed by atoms with van der Waals surface area (Å²) in [5, 5.41) is 0. The van der Waals surface area contributed by atoms with E-state index < -0.39 is 31.4 Å². The second-order valence-electron chi connectivity index (χ2n) is 12.5. The number of rotatable bonds is 17. The summed E-state index contributed by atoms with van der Waals surface area (Å²) in [6.45, 7) is 11.0. The largest absolute Gasteiger partial charge is 1.00 e. The Morgan fingerprint density at radius 3 is 1.96 bits per heavy atom. The van der Waals surface area contributed by atoms with Crippen molar-refractivity contribution < 1.29 is 81.9 Å². The average Bonchev–Trinajstić information content (AvgIpc) is 3.55. The van der Waals surface area contributed by atoms with E-state index in [1.165, 1.54) is 43.5 Å². The van der Waals surface area contributed by atoms with E-state index in [1.54, 1.807) is 17.4 Å². The van der Waals surface area contributed by atoms with Crippen LogP contribution in [-0.4, -0.2) is 61.6 Å². The van der Waals surface area contributed by atoms with Crippen molar-refractivity contribution in [2.75, 3.05) is 30.3 Å². The molecular formula is C36H45KN2O6S3. The van der Waals surface area contributed by atoms with Crippen molar-refractivity contribution in [3.63, 3.8) is 0 Å². The first-order valence-corrected chi connectivity index (χ1v) is 20.0. The van der Waals surface area contributed by atoms with Crippen LogP contribution < -0.4 is 56.3 Å². The molecule has 0 spiro atoms. The molecule has 0 atom stereocenters. The van der Waals surface area contributed by atoms with Gasteiger partial charge in [0.15, 0.2) is 5.71 Å². The molecule has 2 heterocycles.